The fourth-order valence-corrected chi connectivity index (χ4v) is 3.08. The number of benzene rings is 1. The topological polar surface area (TPSA) is 91.1 Å². The smallest absolute Gasteiger partial charge is 0.184 e. The first-order chi connectivity index (χ1) is 13.2. The van der Waals surface area contributed by atoms with Crippen LogP contribution < -0.4 is 5.32 Å². The quantitative estimate of drug-likeness (QED) is 0.505. The molecule has 136 valence electrons. The maximum atomic E-state index is 13.2. The first-order valence-corrected chi connectivity index (χ1v) is 8.78. The maximum absolute atomic E-state index is 13.2. The number of anilines is 2. The van der Waals surface area contributed by atoms with Crippen molar-refractivity contribution in [3.8, 4) is 0 Å². The summed E-state index contributed by atoms with van der Waals surface area (Å²) in [5, 5.41) is 25.6. The molecule has 3 heterocycles. The fraction of sp³-hybridized carbons (Fsp3) is 0.211. The average molecular weight is 364 g/mol. The number of rotatable bonds is 5. The SMILES string of the molecule is OC(c1ccc(F)cc1)c1nc(Nc2cc(C3CC3)[nH]n2)c2cccn2n1. The minimum Gasteiger partial charge on any atom is -0.380 e. The van der Waals surface area contributed by atoms with Crippen LogP contribution in [0.2, 0.25) is 0 Å². The Morgan fingerprint density at radius 2 is 2.04 bits per heavy atom. The van der Waals surface area contributed by atoms with Crippen LogP contribution in [-0.2, 0) is 0 Å². The molecule has 3 N–H and O–H groups in total. The lowest BCUT2D eigenvalue weighted by molar-refractivity contribution is 0.208. The van der Waals surface area contributed by atoms with Gasteiger partial charge in [0.1, 0.15) is 17.4 Å². The normalized spacial score (nSPS) is 15.2. The van der Waals surface area contributed by atoms with Gasteiger partial charge in [-0.15, -0.1) is 5.10 Å². The molecule has 1 atom stereocenters. The number of nitrogens with zero attached hydrogens (tertiary/aromatic N) is 4. The van der Waals surface area contributed by atoms with Crippen LogP contribution in [0.1, 0.15) is 41.9 Å². The molecule has 0 saturated heterocycles. The van der Waals surface area contributed by atoms with E-state index in [-0.39, 0.29) is 11.6 Å². The van der Waals surface area contributed by atoms with E-state index < -0.39 is 6.10 Å². The van der Waals surface area contributed by atoms with Gasteiger partial charge in [0, 0.05) is 23.9 Å². The summed E-state index contributed by atoms with van der Waals surface area (Å²) in [5.74, 6) is 1.63. The van der Waals surface area contributed by atoms with E-state index in [4.69, 9.17) is 0 Å². The molecule has 1 aliphatic carbocycles. The van der Waals surface area contributed by atoms with Crippen LogP contribution in [0.4, 0.5) is 16.0 Å². The monoisotopic (exact) mass is 364 g/mol. The first-order valence-electron chi connectivity index (χ1n) is 8.78. The first kappa shape index (κ1) is 16.0. The van der Waals surface area contributed by atoms with Crippen LogP contribution in [0, 0.1) is 5.82 Å². The molecule has 0 amide bonds. The van der Waals surface area contributed by atoms with E-state index in [2.05, 4.69) is 25.6 Å². The zero-order chi connectivity index (χ0) is 18.4. The molecular weight excluding hydrogens is 347 g/mol. The van der Waals surface area contributed by atoms with Crippen molar-refractivity contribution in [3.63, 3.8) is 0 Å². The Morgan fingerprint density at radius 3 is 2.81 bits per heavy atom. The number of nitrogens with one attached hydrogen (secondary N) is 2. The van der Waals surface area contributed by atoms with Crippen LogP contribution >= 0.6 is 0 Å². The van der Waals surface area contributed by atoms with E-state index in [9.17, 15) is 9.50 Å². The molecular formula is C19H17FN6O. The van der Waals surface area contributed by atoms with Gasteiger partial charge in [-0.2, -0.15) is 5.10 Å². The van der Waals surface area contributed by atoms with Crippen molar-refractivity contribution in [1.82, 2.24) is 24.8 Å². The molecule has 1 fully saturated rings. The third-order valence-electron chi connectivity index (χ3n) is 4.70. The Labute approximate surface area is 153 Å². The number of halogens is 1. The van der Waals surface area contributed by atoms with Crippen LogP contribution in [-0.4, -0.2) is 29.9 Å². The Hall–Kier alpha value is -3.26. The maximum Gasteiger partial charge on any atom is 0.184 e. The van der Waals surface area contributed by atoms with Gasteiger partial charge in [0.05, 0.1) is 0 Å². The highest BCUT2D eigenvalue weighted by Crippen LogP contribution is 2.39. The summed E-state index contributed by atoms with van der Waals surface area (Å²) >= 11 is 0. The van der Waals surface area contributed by atoms with Crippen molar-refractivity contribution in [3.05, 3.63) is 71.6 Å². The molecule has 0 radical (unpaired) electrons. The zero-order valence-electron chi connectivity index (χ0n) is 14.3. The second kappa shape index (κ2) is 6.17. The lowest BCUT2D eigenvalue weighted by atomic mass is 10.1. The number of aromatic nitrogens is 5. The van der Waals surface area contributed by atoms with Crippen molar-refractivity contribution in [1.29, 1.82) is 0 Å². The molecule has 0 bridgehead atoms. The largest absolute Gasteiger partial charge is 0.380 e. The average Bonchev–Trinajstić information content (AvgIpc) is 3.23. The second-order valence-corrected chi connectivity index (χ2v) is 6.72. The van der Waals surface area contributed by atoms with Gasteiger partial charge in [-0.05, 0) is 42.7 Å². The predicted octanol–water partition coefficient (Wildman–Crippen LogP) is 3.29. The molecule has 5 rings (SSSR count). The van der Waals surface area contributed by atoms with Gasteiger partial charge in [0.25, 0.3) is 0 Å². The van der Waals surface area contributed by atoms with Gasteiger partial charge in [-0.1, -0.05) is 12.1 Å². The highest BCUT2D eigenvalue weighted by Gasteiger charge is 2.26. The van der Waals surface area contributed by atoms with E-state index in [0.29, 0.717) is 23.1 Å². The molecule has 7 nitrogen and oxygen atoms in total. The Kier molecular flexibility index (Phi) is 3.64. The van der Waals surface area contributed by atoms with Gasteiger partial charge in [-0.3, -0.25) is 5.10 Å². The summed E-state index contributed by atoms with van der Waals surface area (Å²) in [6, 6.07) is 11.4. The number of aromatic amines is 1. The summed E-state index contributed by atoms with van der Waals surface area (Å²) < 4.78 is 14.8. The minimum absolute atomic E-state index is 0.214. The van der Waals surface area contributed by atoms with Crippen molar-refractivity contribution in [2.75, 3.05) is 5.32 Å². The molecule has 27 heavy (non-hydrogen) atoms. The number of aliphatic hydroxyl groups is 1. The third-order valence-corrected chi connectivity index (χ3v) is 4.70. The van der Waals surface area contributed by atoms with E-state index in [1.54, 1.807) is 10.7 Å². The highest BCUT2D eigenvalue weighted by molar-refractivity contribution is 5.72. The predicted molar refractivity (Wildman–Crippen MR) is 97.3 cm³/mol. The Bertz CT molecular complexity index is 1100. The molecule has 1 unspecified atom stereocenters. The van der Waals surface area contributed by atoms with Crippen LogP contribution in [0.5, 0.6) is 0 Å². The van der Waals surface area contributed by atoms with E-state index in [1.807, 2.05) is 18.2 Å². The molecule has 8 heteroatoms. The molecule has 0 aliphatic heterocycles. The molecule has 0 spiro atoms. The third kappa shape index (κ3) is 3.04. The summed E-state index contributed by atoms with van der Waals surface area (Å²) in [6.07, 6.45) is 3.08. The van der Waals surface area contributed by atoms with Crippen molar-refractivity contribution in [2.24, 2.45) is 0 Å². The van der Waals surface area contributed by atoms with E-state index in [1.165, 1.54) is 37.1 Å². The highest BCUT2D eigenvalue weighted by atomic mass is 19.1. The molecule has 3 aromatic heterocycles. The van der Waals surface area contributed by atoms with Gasteiger partial charge in [-0.25, -0.2) is 13.9 Å². The lowest BCUT2D eigenvalue weighted by Crippen LogP contribution is -2.11. The second-order valence-electron chi connectivity index (χ2n) is 6.72. The van der Waals surface area contributed by atoms with Crippen molar-refractivity contribution in [2.45, 2.75) is 24.9 Å². The number of H-pyrrole nitrogens is 1. The number of fused-ring (bicyclic) bond motifs is 1. The minimum atomic E-state index is -1.07. The standard InChI is InChI=1S/C19H17FN6O/c20-13-7-5-12(6-8-13)17(27)19-22-18(15-2-1-9-26(15)25-19)21-16-10-14(23-24-16)11-3-4-11/h1-2,5-11,17,27H,3-4H2,(H2,21,22,23,24,25). The van der Waals surface area contributed by atoms with Crippen molar-refractivity contribution < 1.29 is 9.50 Å². The van der Waals surface area contributed by atoms with Crippen LogP contribution in [0.3, 0.4) is 0 Å². The van der Waals surface area contributed by atoms with Gasteiger partial charge in [0.15, 0.2) is 17.5 Å². The Morgan fingerprint density at radius 1 is 1.22 bits per heavy atom. The summed E-state index contributed by atoms with van der Waals surface area (Å²) in [7, 11) is 0. The fourth-order valence-electron chi connectivity index (χ4n) is 3.08. The summed E-state index contributed by atoms with van der Waals surface area (Å²) in [6.45, 7) is 0. The van der Waals surface area contributed by atoms with Gasteiger partial charge < -0.3 is 10.4 Å². The van der Waals surface area contributed by atoms with E-state index in [0.717, 1.165) is 11.2 Å². The molecule has 1 saturated carbocycles. The lowest BCUT2D eigenvalue weighted by Gasteiger charge is -2.12. The van der Waals surface area contributed by atoms with Crippen molar-refractivity contribution >= 4 is 17.2 Å². The van der Waals surface area contributed by atoms with Gasteiger partial charge in [0.2, 0.25) is 0 Å². The number of aliphatic hydroxyl groups excluding tert-OH is 1. The molecule has 4 aromatic rings. The number of hydrogen-bond donors (Lipinski definition) is 3. The van der Waals surface area contributed by atoms with Gasteiger partial charge >= 0.3 is 0 Å². The Balaban J connectivity index is 1.51. The molecule has 1 aromatic carbocycles. The molecule has 1 aliphatic rings. The van der Waals surface area contributed by atoms with E-state index >= 15 is 0 Å². The zero-order valence-corrected chi connectivity index (χ0v) is 14.3. The summed E-state index contributed by atoms with van der Waals surface area (Å²) in [5.41, 5.74) is 2.40. The van der Waals surface area contributed by atoms with Crippen LogP contribution in [0.25, 0.3) is 5.52 Å². The number of hydrogen-bond acceptors (Lipinski definition) is 5. The van der Waals surface area contributed by atoms with Crippen LogP contribution in [0.15, 0.2) is 48.7 Å². The summed E-state index contributed by atoms with van der Waals surface area (Å²) in [4.78, 5) is 4.50.